The van der Waals surface area contributed by atoms with E-state index in [1.54, 1.807) is 0 Å². The van der Waals surface area contributed by atoms with Crippen molar-refractivity contribution in [1.29, 1.82) is 0 Å². The van der Waals surface area contributed by atoms with Gasteiger partial charge in [0.1, 0.15) is 52.3 Å². The standard InChI is InChI=1S/C24H24O13/c1-32-11-5-4-6-12(36-24-19(29)17(27)18(28)22(37-24)23(30)31)16(11)13-7-9(25)15-10(26)8-14(33-2)20(34-3)21(15)35-13/h4-8,17-19,22,24,26-29H,1-3H3,(H,30,31)/t17-,18-,19+,22-,24+/m0/s1. The Balaban J connectivity index is 1.88. The van der Waals surface area contributed by atoms with Crippen molar-refractivity contribution >= 4 is 16.9 Å². The molecule has 0 amide bonds. The fourth-order valence-electron chi connectivity index (χ4n) is 4.03. The Hall–Kier alpha value is -4.04. The molecule has 13 heteroatoms. The lowest BCUT2D eigenvalue weighted by atomic mass is 9.99. The highest BCUT2D eigenvalue weighted by molar-refractivity contribution is 5.92. The zero-order chi connectivity index (χ0) is 27.0. The van der Waals surface area contributed by atoms with Gasteiger partial charge in [0, 0.05) is 12.1 Å². The largest absolute Gasteiger partial charge is 0.507 e. The van der Waals surface area contributed by atoms with Gasteiger partial charge in [0.25, 0.3) is 0 Å². The van der Waals surface area contributed by atoms with E-state index in [2.05, 4.69) is 0 Å². The average Bonchev–Trinajstić information content (AvgIpc) is 2.87. The predicted molar refractivity (Wildman–Crippen MR) is 124 cm³/mol. The van der Waals surface area contributed by atoms with Crippen molar-refractivity contribution < 1.29 is 58.4 Å². The second-order valence-corrected chi connectivity index (χ2v) is 8.00. The number of carboxylic acids is 1. The zero-order valence-electron chi connectivity index (χ0n) is 19.8. The van der Waals surface area contributed by atoms with Crippen LogP contribution in [0.15, 0.2) is 39.5 Å². The number of aromatic hydroxyl groups is 1. The maximum Gasteiger partial charge on any atom is 0.335 e. The molecule has 1 aromatic heterocycles. The molecule has 5 atom stereocenters. The van der Waals surface area contributed by atoms with Gasteiger partial charge in [0.15, 0.2) is 22.9 Å². The number of benzene rings is 2. The minimum atomic E-state index is -1.91. The quantitative estimate of drug-likeness (QED) is 0.289. The first-order chi connectivity index (χ1) is 17.6. The maximum absolute atomic E-state index is 13.0. The summed E-state index contributed by atoms with van der Waals surface area (Å²) in [5.74, 6) is -1.93. The first-order valence-electron chi connectivity index (χ1n) is 10.8. The van der Waals surface area contributed by atoms with E-state index in [0.29, 0.717) is 0 Å². The van der Waals surface area contributed by atoms with Crippen LogP contribution in [0.1, 0.15) is 0 Å². The number of rotatable bonds is 7. The van der Waals surface area contributed by atoms with Crippen LogP contribution in [0.25, 0.3) is 22.3 Å². The highest BCUT2D eigenvalue weighted by Gasteiger charge is 2.48. The highest BCUT2D eigenvalue weighted by Crippen LogP contribution is 2.44. The number of phenols is 1. The van der Waals surface area contributed by atoms with Crippen LogP contribution >= 0.6 is 0 Å². The molecule has 2 heterocycles. The zero-order valence-corrected chi connectivity index (χ0v) is 19.8. The number of carbonyl (C=O) groups is 1. The first kappa shape index (κ1) is 26.0. The minimum Gasteiger partial charge on any atom is -0.507 e. The normalized spacial score (nSPS) is 23.5. The number of phenolic OH excluding ortho intramolecular Hbond substituents is 1. The second-order valence-electron chi connectivity index (χ2n) is 8.00. The van der Waals surface area contributed by atoms with E-state index < -0.39 is 47.9 Å². The smallest absolute Gasteiger partial charge is 0.335 e. The Bertz CT molecular complexity index is 1380. The number of methoxy groups -OCH3 is 3. The van der Waals surface area contributed by atoms with Crippen molar-refractivity contribution in [2.24, 2.45) is 0 Å². The Morgan fingerprint density at radius 1 is 0.919 bits per heavy atom. The molecule has 5 N–H and O–H groups in total. The van der Waals surface area contributed by atoms with Crippen LogP contribution in [0.4, 0.5) is 0 Å². The van der Waals surface area contributed by atoms with E-state index >= 15 is 0 Å². The Labute approximate surface area is 208 Å². The van der Waals surface area contributed by atoms with Gasteiger partial charge in [0.2, 0.25) is 12.0 Å². The first-order valence-corrected chi connectivity index (χ1v) is 10.8. The van der Waals surface area contributed by atoms with Crippen LogP contribution < -0.4 is 24.4 Å². The molecule has 37 heavy (non-hydrogen) atoms. The SMILES string of the molecule is COc1cccc(O[C@@H]2O[C@H](C(=O)O)[C@@H](O)[C@H](O)[C@H]2O)c1-c1cc(=O)c2c(O)cc(OC)c(OC)c2o1. The van der Waals surface area contributed by atoms with Crippen LogP contribution in [0.3, 0.4) is 0 Å². The van der Waals surface area contributed by atoms with Crippen LogP contribution in [0, 0.1) is 0 Å². The summed E-state index contributed by atoms with van der Waals surface area (Å²) in [6.45, 7) is 0. The molecule has 4 rings (SSSR count). The highest BCUT2D eigenvalue weighted by atomic mass is 16.7. The molecular weight excluding hydrogens is 496 g/mol. The summed E-state index contributed by atoms with van der Waals surface area (Å²) >= 11 is 0. The van der Waals surface area contributed by atoms with Gasteiger partial charge >= 0.3 is 5.97 Å². The minimum absolute atomic E-state index is 0.0269. The number of fused-ring (bicyclic) bond motifs is 1. The van der Waals surface area contributed by atoms with Crippen molar-refractivity contribution in [1.82, 2.24) is 0 Å². The van der Waals surface area contributed by atoms with Crippen LogP contribution in [-0.2, 0) is 9.53 Å². The Morgan fingerprint density at radius 2 is 1.59 bits per heavy atom. The van der Waals surface area contributed by atoms with Gasteiger partial charge in [-0.2, -0.15) is 0 Å². The lowest BCUT2D eigenvalue weighted by Gasteiger charge is -2.38. The fraction of sp³-hybridized carbons (Fsp3) is 0.333. The van der Waals surface area contributed by atoms with E-state index in [4.69, 9.17) is 28.1 Å². The van der Waals surface area contributed by atoms with Gasteiger partial charge < -0.3 is 53.6 Å². The van der Waals surface area contributed by atoms with Gasteiger partial charge in [-0.1, -0.05) is 6.07 Å². The van der Waals surface area contributed by atoms with Crippen molar-refractivity contribution in [3.8, 4) is 40.1 Å². The molecule has 1 aliphatic heterocycles. The van der Waals surface area contributed by atoms with Crippen molar-refractivity contribution in [3.05, 3.63) is 40.6 Å². The monoisotopic (exact) mass is 520 g/mol. The van der Waals surface area contributed by atoms with Gasteiger partial charge in [-0.15, -0.1) is 0 Å². The Morgan fingerprint density at radius 3 is 2.22 bits per heavy atom. The lowest BCUT2D eigenvalue weighted by Crippen LogP contribution is -2.61. The summed E-state index contributed by atoms with van der Waals surface area (Å²) in [6.07, 6.45) is -9.28. The van der Waals surface area contributed by atoms with Gasteiger partial charge in [0.05, 0.1) is 21.3 Å². The van der Waals surface area contributed by atoms with Crippen molar-refractivity contribution in [2.75, 3.05) is 21.3 Å². The average molecular weight is 520 g/mol. The lowest BCUT2D eigenvalue weighted by molar-refractivity contribution is -0.271. The molecular formula is C24H24O13. The molecule has 1 aliphatic rings. The van der Waals surface area contributed by atoms with Crippen LogP contribution in [0.2, 0.25) is 0 Å². The third-order valence-electron chi connectivity index (χ3n) is 5.84. The number of ether oxygens (including phenoxy) is 5. The van der Waals surface area contributed by atoms with E-state index in [1.165, 1.54) is 45.6 Å². The summed E-state index contributed by atoms with van der Waals surface area (Å²) < 4.78 is 32.8. The maximum atomic E-state index is 13.0. The number of hydrogen-bond donors (Lipinski definition) is 5. The molecule has 2 aromatic carbocycles. The molecule has 0 spiro atoms. The molecule has 13 nitrogen and oxygen atoms in total. The molecule has 0 radical (unpaired) electrons. The van der Waals surface area contributed by atoms with Crippen molar-refractivity contribution in [2.45, 2.75) is 30.7 Å². The number of carboxylic acid groups (broad SMARTS) is 1. The Kier molecular flexibility index (Phi) is 7.14. The second kappa shape index (κ2) is 10.1. The topological polar surface area (TPSA) is 195 Å². The molecule has 1 saturated heterocycles. The summed E-state index contributed by atoms with van der Waals surface area (Å²) in [5, 5.41) is 50.0. The summed E-state index contributed by atoms with van der Waals surface area (Å²) in [5.41, 5.74) is -0.737. The summed E-state index contributed by atoms with van der Waals surface area (Å²) in [7, 11) is 3.99. The number of hydrogen-bond acceptors (Lipinski definition) is 12. The van der Waals surface area contributed by atoms with Crippen LogP contribution in [-0.4, -0.2) is 83.5 Å². The van der Waals surface area contributed by atoms with E-state index in [0.717, 1.165) is 6.07 Å². The molecule has 0 bridgehead atoms. The van der Waals surface area contributed by atoms with Gasteiger partial charge in [-0.05, 0) is 12.1 Å². The third kappa shape index (κ3) is 4.49. The molecule has 1 fully saturated rings. The predicted octanol–water partition coefficient (Wildman–Crippen LogP) is 0.462. The number of aliphatic carboxylic acids is 1. The van der Waals surface area contributed by atoms with E-state index in [9.17, 15) is 35.1 Å². The molecule has 0 aliphatic carbocycles. The number of aliphatic hydroxyl groups excluding tert-OH is 3. The summed E-state index contributed by atoms with van der Waals surface area (Å²) in [6, 6.07) is 6.68. The van der Waals surface area contributed by atoms with Gasteiger partial charge in [-0.25, -0.2) is 4.79 Å². The van der Waals surface area contributed by atoms with Crippen LogP contribution in [0.5, 0.6) is 28.7 Å². The molecule has 0 saturated carbocycles. The third-order valence-corrected chi connectivity index (χ3v) is 5.84. The molecule has 3 aromatic rings. The van der Waals surface area contributed by atoms with E-state index in [-0.39, 0.29) is 45.3 Å². The van der Waals surface area contributed by atoms with E-state index in [1.807, 2.05) is 0 Å². The van der Waals surface area contributed by atoms with Gasteiger partial charge in [-0.3, -0.25) is 4.79 Å². The molecule has 0 unspecified atom stereocenters. The fourth-order valence-corrected chi connectivity index (χ4v) is 4.03. The molecule has 198 valence electrons. The number of aliphatic hydroxyl groups is 3. The van der Waals surface area contributed by atoms with Crippen molar-refractivity contribution in [3.63, 3.8) is 0 Å². The summed E-state index contributed by atoms with van der Waals surface area (Å²) in [4.78, 5) is 24.5.